The number of anilines is 1. The summed E-state index contributed by atoms with van der Waals surface area (Å²) in [5.74, 6) is -2.69. The Morgan fingerprint density at radius 2 is 1.33 bits per heavy atom. The van der Waals surface area contributed by atoms with Crippen molar-refractivity contribution >= 4 is 47.3 Å². The Kier molecular flexibility index (Phi) is 11.3. The summed E-state index contributed by atoms with van der Waals surface area (Å²) in [6.07, 6.45) is 0.750. The SMILES string of the molecule is COC(=O)N[C@H]1CCc2cccc3c2N(C1=O)C(C(=O)OCC(=O)c1ccc(-c2ccc(C(=O)COC(=O)[C@@H]4CCCN4C(=O)OC(C)(C)C)cc2)cc1)C3. The van der Waals surface area contributed by atoms with Crippen LogP contribution >= 0.6 is 0 Å². The van der Waals surface area contributed by atoms with Gasteiger partial charge in [0.05, 0.1) is 12.8 Å². The zero-order valence-electron chi connectivity index (χ0n) is 31.1. The number of ketones is 2. The van der Waals surface area contributed by atoms with Gasteiger partial charge in [-0.15, -0.1) is 0 Å². The summed E-state index contributed by atoms with van der Waals surface area (Å²) in [4.78, 5) is 92.8. The lowest BCUT2D eigenvalue weighted by atomic mass is 10.0. The van der Waals surface area contributed by atoms with Gasteiger partial charge in [0.2, 0.25) is 0 Å². The fraction of sp³-hybridized carbons (Fsp3) is 0.390. The molecule has 0 spiro atoms. The second-order valence-corrected chi connectivity index (χ2v) is 14.6. The van der Waals surface area contributed by atoms with Crippen molar-refractivity contribution in [3.63, 3.8) is 0 Å². The molecule has 3 atom stereocenters. The Morgan fingerprint density at radius 3 is 1.89 bits per heavy atom. The monoisotopic (exact) mass is 753 g/mol. The summed E-state index contributed by atoms with van der Waals surface area (Å²) in [5.41, 5.74) is 3.78. The lowest BCUT2D eigenvalue weighted by Crippen LogP contribution is -2.52. The molecule has 1 saturated heterocycles. The first kappa shape index (κ1) is 38.7. The topological polar surface area (TPSA) is 175 Å². The minimum Gasteiger partial charge on any atom is -0.456 e. The Hall–Kier alpha value is -6.05. The standard InChI is InChI=1S/C41H43N3O11/c1-41(2,3)55-40(51)43-20-6-9-31(43)37(48)53-22-33(45)26-14-10-24(11-15-26)25-12-16-27(17-13-25)34(46)23-54-38(49)32-21-29-8-5-7-28-18-19-30(42-39(50)52-4)36(47)44(32)35(28)29/h5,7-8,10-17,30-32H,6,9,18-23H2,1-4H3,(H,42,50)/t30-,31-,32?/m0/s1. The van der Waals surface area contributed by atoms with Crippen LogP contribution in [0.2, 0.25) is 0 Å². The van der Waals surface area contributed by atoms with Crippen molar-refractivity contribution in [2.45, 2.75) is 76.6 Å². The summed E-state index contributed by atoms with van der Waals surface area (Å²) in [6.45, 7) is 4.58. The number of aryl methyl sites for hydroxylation is 1. The van der Waals surface area contributed by atoms with E-state index in [0.717, 1.165) is 22.3 Å². The average Bonchev–Trinajstić information content (AvgIpc) is 3.80. The van der Waals surface area contributed by atoms with E-state index in [1.54, 1.807) is 69.3 Å². The molecule has 1 N–H and O–H groups in total. The number of para-hydroxylation sites is 1. The van der Waals surface area contributed by atoms with Gasteiger partial charge in [-0.1, -0.05) is 66.7 Å². The molecule has 3 aliphatic heterocycles. The Balaban J connectivity index is 1.02. The highest BCUT2D eigenvalue weighted by Crippen LogP contribution is 2.39. The number of methoxy groups -OCH3 is 1. The molecule has 14 nitrogen and oxygen atoms in total. The Bertz CT molecular complexity index is 2000. The third kappa shape index (κ3) is 8.69. The van der Waals surface area contributed by atoms with E-state index < -0.39 is 78.5 Å². The van der Waals surface area contributed by atoms with Crippen LogP contribution in [0.15, 0.2) is 66.7 Å². The second kappa shape index (κ2) is 16.1. The van der Waals surface area contributed by atoms with Crippen LogP contribution in [-0.2, 0) is 46.2 Å². The van der Waals surface area contributed by atoms with E-state index in [4.69, 9.17) is 14.2 Å². The molecule has 3 aliphatic rings. The van der Waals surface area contributed by atoms with Gasteiger partial charge in [0.15, 0.2) is 24.8 Å². The van der Waals surface area contributed by atoms with Crippen LogP contribution in [0.5, 0.6) is 0 Å². The average molecular weight is 754 g/mol. The number of rotatable bonds is 10. The first-order valence-electron chi connectivity index (χ1n) is 18.1. The number of benzene rings is 3. The Morgan fingerprint density at radius 1 is 0.764 bits per heavy atom. The number of nitrogens with one attached hydrogen (secondary N) is 1. The molecule has 0 radical (unpaired) electrons. The van der Waals surface area contributed by atoms with Gasteiger partial charge >= 0.3 is 24.1 Å². The molecule has 55 heavy (non-hydrogen) atoms. The maximum Gasteiger partial charge on any atom is 0.411 e. The van der Waals surface area contributed by atoms with Crippen LogP contribution in [0.1, 0.15) is 71.9 Å². The van der Waals surface area contributed by atoms with Crippen LogP contribution in [-0.4, -0.2) is 97.1 Å². The van der Waals surface area contributed by atoms with Gasteiger partial charge in [0.1, 0.15) is 23.7 Å². The van der Waals surface area contributed by atoms with Gasteiger partial charge < -0.3 is 24.3 Å². The number of carbonyl (C=O) groups excluding carboxylic acids is 7. The molecule has 3 aromatic rings. The number of hydrogen-bond acceptors (Lipinski definition) is 11. The summed E-state index contributed by atoms with van der Waals surface area (Å²) >= 11 is 0. The molecule has 0 saturated carbocycles. The van der Waals surface area contributed by atoms with E-state index in [1.165, 1.54) is 16.9 Å². The smallest absolute Gasteiger partial charge is 0.411 e. The number of ether oxygens (including phenoxy) is 4. The van der Waals surface area contributed by atoms with E-state index in [2.05, 4.69) is 10.1 Å². The highest BCUT2D eigenvalue weighted by Gasteiger charge is 2.45. The van der Waals surface area contributed by atoms with Gasteiger partial charge in [-0.3, -0.25) is 24.2 Å². The normalized spacial score (nSPS) is 18.8. The fourth-order valence-corrected chi connectivity index (χ4v) is 7.04. The maximum atomic E-state index is 13.6. The van der Waals surface area contributed by atoms with Crippen LogP contribution in [0.3, 0.4) is 0 Å². The summed E-state index contributed by atoms with van der Waals surface area (Å²) in [5, 5.41) is 2.56. The van der Waals surface area contributed by atoms with E-state index >= 15 is 0 Å². The number of alkyl carbamates (subject to hydrolysis) is 1. The van der Waals surface area contributed by atoms with E-state index in [1.807, 2.05) is 18.2 Å². The molecular formula is C41H43N3O11. The number of likely N-dealkylation sites (tertiary alicyclic amines) is 1. The first-order valence-corrected chi connectivity index (χ1v) is 18.1. The molecular weight excluding hydrogens is 710 g/mol. The number of hydrogen-bond donors (Lipinski definition) is 1. The minimum absolute atomic E-state index is 0.214. The third-order valence-electron chi connectivity index (χ3n) is 9.75. The van der Waals surface area contributed by atoms with Crippen molar-refractivity contribution in [2.75, 3.05) is 31.8 Å². The lowest BCUT2D eigenvalue weighted by Gasteiger charge is -2.27. The molecule has 3 heterocycles. The highest BCUT2D eigenvalue weighted by atomic mass is 16.6. The van der Waals surface area contributed by atoms with Gasteiger partial charge in [-0.2, -0.15) is 0 Å². The van der Waals surface area contributed by atoms with Gasteiger partial charge in [0, 0.05) is 24.1 Å². The van der Waals surface area contributed by atoms with Gasteiger partial charge in [0.25, 0.3) is 5.91 Å². The lowest BCUT2D eigenvalue weighted by molar-refractivity contribution is -0.147. The van der Waals surface area contributed by atoms with Gasteiger partial charge in [-0.05, 0) is 68.7 Å². The van der Waals surface area contributed by atoms with E-state index in [-0.39, 0.29) is 6.42 Å². The molecule has 1 unspecified atom stereocenters. The van der Waals surface area contributed by atoms with Crippen molar-refractivity contribution in [1.82, 2.24) is 10.2 Å². The predicted octanol–water partition coefficient (Wildman–Crippen LogP) is 4.83. The molecule has 6 rings (SSSR count). The Labute approximate surface area is 318 Å². The van der Waals surface area contributed by atoms with Crippen molar-refractivity contribution < 1.29 is 52.5 Å². The fourth-order valence-electron chi connectivity index (χ4n) is 7.04. The zero-order chi connectivity index (χ0) is 39.4. The summed E-state index contributed by atoms with van der Waals surface area (Å²) in [6, 6.07) is 16.2. The molecule has 3 amide bonds. The molecule has 14 heteroatoms. The molecule has 0 aromatic heterocycles. The number of carbonyl (C=O) groups is 7. The first-order chi connectivity index (χ1) is 26.2. The van der Waals surface area contributed by atoms with Crippen molar-refractivity contribution in [1.29, 1.82) is 0 Å². The second-order valence-electron chi connectivity index (χ2n) is 14.6. The largest absolute Gasteiger partial charge is 0.456 e. The number of amides is 3. The predicted molar refractivity (Wildman–Crippen MR) is 197 cm³/mol. The molecule has 1 fully saturated rings. The molecule has 0 bridgehead atoms. The van der Waals surface area contributed by atoms with Crippen molar-refractivity contribution in [3.05, 3.63) is 89.0 Å². The van der Waals surface area contributed by atoms with Crippen molar-refractivity contribution in [2.24, 2.45) is 0 Å². The summed E-state index contributed by atoms with van der Waals surface area (Å²) in [7, 11) is 1.21. The molecule has 288 valence electrons. The zero-order valence-corrected chi connectivity index (χ0v) is 31.1. The van der Waals surface area contributed by atoms with E-state index in [0.29, 0.717) is 49.0 Å². The van der Waals surface area contributed by atoms with Crippen molar-refractivity contribution in [3.8, 4) is 11.1 Å². The number of nitrogens with zero attached hydrogens (tertiary/aromatic N) is 2. The maximum absolute atomic E-state index is 13.6. The van der Waals surface area contributed by atoms with Crippen LogP contribution in [0.4, 0.5) is 15.3 Å². The van der Waals surface area contributed by atoms with Crippen LogP contribution in [0, 0.1) is 0 Å². The van der Waals surface area contributed by atoms with E-state index in [9.17, 15) is 33.6 Å². The number of esters is 2. The van der Waals surface area contributed by atoms with Crippen LogP contribution in [0.25, 0.3) is 11.1 Å². The molecule has 0 aliphatic carbocycles. The van der Waals surface area contributed by atoms with Crippen LogP contribution < -0.4 is 10.2 Å². The quantitative estimate of drug-likeness (QED) is 0.171. The highest BCUT2D eigenvalue weighted by molar-refractivity contribution is 6.07. The summed E-state index contributed by atoms with van der Waals surface area (Å²) < 4.78 is 20.8. The minimum atomic E-state index is -0.998. The third-order valence-corrected chi connectivity index (χ3v) is 9.75. The van der Waals surface area contributed by atoms with Gasteiger partial charge in [-0.25, -0.2) is 19.2 Å². The molecule has 3 aromatic carbocycles. The number of Topliss-reactive ketones (excluding diaryl/α,β-unsaturated/α-hetero) is 2.